The van der Waals surface area contributed by atoms with Crippen molar-refractivity contribution < 1.29 is 4.79 Å². The molecule has 0 atom stereocenters. The van der Waals surface area contributed by atoms with Crippen LogP contribution in [0.4, 0.5) is 15.6 Å². The SMILES string of the molecule is Cc1ccc(NC(=O)Nc2nnc(Cc3cccc(Br)c3)s2)cc1C. The second-order valence-corrected chi connectivity index (χ2v) is 7.66. The molecule has 0 saturated carbocycles. The normalized spacial score (nSPS) is 10.5. The minimum absolute atomic E-state index is 0.326. The molecule has 3 aromatic rings. The van der Waals surface area contributed by atoms with Gasteiger partial charge in [-0.25, -0.2) is 4.79 Å². The molecular formula is C18H17BrN4OS. The Morgan fingerprint density at radius 3 is 2.68 bits per heavy atom. The Balaban J connectivity index is 1.60. The summed E-state index contributed by atoms with van der Waals surface area (Å²) in [6.07, 6.45) is 0.678. The highest BCUT2D eigenvalue weighted by Crippen LogP contribution is 2.21. The zero-order valence-corrected chi connectivity index (χ0v) is 16.2. The fraction of sp³-hybridized carbons (Fsp3) is 0.167. The molecule has 2 N–H and O–H groups in total. The van der Waals surface area contributed by atoms with Gasteiger partial charge in [-0.3, -0.25) is 5.32 Å². The number of aryl methyl sites for hydroxylation is 2. The number of carbonyl (C=O) groups excluding carboxylic acids is 1. The predicted molar refractivity (Wildman–Crippen MR) is 105 cm³/mol. The number of nitrogens with one attached hydrogen (secondary N) is 2. The van der Waals surface area contributed by atoms with Crippen molar-refractivity contribution in [3.05, 3.63) is 68.6 Å². The first-order chi connectivity index (χ1) is 12.0. The fourth-order valence-corrected chi connectivity index (χ4v) is 3.49. The van der Waals surface area contributed by atoms with Crippen molar-refractivity contribution in [3.8, 4) is 0 Å². The highest BCUT2D eigenvalue weighted by Gasteiger charge is 2.09. The molecule has 0 spiro atoms. The molecule has 0 saturated heterocycles. The van der Waals surface area contributed by atoms with Crippen LogP contribution in [0, 0.1) is 13.8 Å². The maximum absolute atomic E-state index is 12.1. The van der Waals surface area contributed by atoms with Gasteiger partial charge in [0.25, 0.3) is 0 Å². The van der Waals surface area contributed by atoms with Crippen molar-refractivity contribution >= 4 is 44.1 Å². The molecular weight excluding hydrogens is 400 g/mol. The van der Waals surface area contributed by atoms with Gasteiger partial charge in [0.05, 0.1) is 0 Å². The van der Waals surface area contributed by atoms with E-state index in [1.807, 2.05) is 56.3 Å². The number of benzene rings is 2. The maximum Gasteiger partial charge on any atom is 0.325 e. The summed E-state index contributed by atoms with van der Waals surface area (Å²) in [5.41, 5.74) is 4.20. The van der Waals surface area contributed by atoms with Crippen LogP contribution in [0.1, 0.15) is 21.7 Å². The summed E-state index contributed by atoms with van der Waals surface area (Å²) in [6.45, 7) is 4.05. The molecule has 0 aliphatic carbocycles. The van der Waals surface area contributed by atoms with Gasteiger partial charge in [0, 0.05) is 16.6 Å². The first-order valence-electron chi connectivity index (χ1n) is 7.72. The quantitative estimate of drug-likeness (QED) is 0.617. The lowest BCUT2D eigenvalue weighted by Gasteiger charge is -2.07. The second kappa shape index (κ2) is 7.76. The van der Waals surface area contributed by atoms with Crippen LogP contribution in [-0.4, -0.2) is 16.2 Å². The highest BCUT2D eigenvalue weighted by atomic mass is 79.9. The van der Waals surface area contributed by atoms with Gasteiger partial charge in [0.2, 0.25) is 5.13 Å². The molecule has 2 amide bonds. The van der Waals surface area contributed by atoms with E-state index in [1.165, 1.54) is 16.9 Å². The molecule has 1 heterocycles. The number of halogens is 1. The van der Waals surface area contributed by atoms with Crippen molar-refractivity contribution in [1.82, 2.24) is 10.2 Å². The number of hydrogen-bond acceptors (Lipinski definition) is 4. The molecule has 0 unspecified atom stereocenters. The molecule has 0 aliphatic heterocycles. The lowest BCUT2D eigenvalue weighted by Crippen LogP contribution is -2.19. The van der Waals surface area contributed by atoms with Crippen LogP contribution in [0.25, 0.3) is 0 Å². The summed E-state index contributed by atoms with van der Waals surface area (Å²) in [5, 5.41) is 15.0. The van der Waals surface area contributed by atoms with Gasteiger partial charge >= 0.3 is 6.03 Å². The molecule has 25 heavy (non-hydrogen) atoms. The van der Waals surface area contributed by atoms with E-state index >= 15 is 0 Å². The monoisotopic (exact) mass is 416 g/mol. The first-order valence-corrected chi connectivity index (χ1v) is 9.32. The van der Waals surface area contributed by atoms with E-state index in [4.69, 9.17) is 0 Å². The van der Waals surface area contributed by atoms with Gasteiger partial charge in [0.15, 0.2) is 0 Å². The van der Waals surface area contributed by atoms with E-state index in [-0.39, 0.29) is 6.03 Å². The summed E-state index contributed by atoms with van der Waals surface area (Å²) in [5.74, 6) is 0. The number of aromatic nitrogens is 2. The third-order valence-corrected chi connectivity index (χ3v) is 5.03. The van der Waals surface area contributed by atoms with Gasteiger partial charge < -0.3 is 5.32 Å². The summed E-state index contributed by atoms with van der Waals surface area (Å²) < 4.78 is 1.03. The number of rotatable bonds is 4. The van der Waals surface area contributed by atoms with E-state index in [0.717, 1.165) is 26.3 Å². The van der Waals surface area contributed by atoms with Gasteiger partial charge in [-0.2, -0.15) is 0 Å². The first kappa shape index (κ1) is 17.6. The van der Waals surface area contributed by atoms with Crippen LogP contribution in [0.5, 0.6) is 0 Å². The van der Waals surface area contributed by atoms with Crippen LogP contribution >= 0.6 is 27.3 Å². The number of hydrogen-bond donors (Lipinski definition) is 2. The Morgan fingerprint density at radius 1 is 1.08 bits per heavy atom. The Kier molecular flexibility index (Phi) is 5.45. The van der Waals surface area contributed by atoms with Crippen molar-refractivity contribution in [2.24, 2.45) is 0 Å². The van der Waals surface area contributed by atoms with Crippen LogP contribution in [0.2, 0.25) is 0 Å². The third kappa shape index (κ3) is 4.87. The van der Waals surface area contributed by atoms with Crippen molar-refractivity contribution in [2.75, 3.05) is 10.6 Å². The van der Waals surface area contributed by atoms with E-state index in [2.05, 4.69) is 36.8 Å². The molecule has 128 valence electrons. The molecule has 0 fully saturated rings. The van der Waals surface area contributed by atoms with Crippen molar-refractivity contribution in [2.45, 2.75) is 20.3 Å². The zero-order chi connectivity index (χ0) is 17.8. The van der Waals surface area contributed by atoms with E-state index in [1.54, 1.807) is 0 Å². The number of amides is 2. The molecule has 5 nitrogen and oxygen atoms in total. The Labute approximate surface area is 158 Å². The zero-order valence-electron chi connectivity index (χ0n) is 13.8. The van der Waals surface area contributed by atoms with Crippen LogP contribution < -0.4 is 10.6 Å². The van der Waals surface area contributed by atoms with Crippen molar-refractivity contribution in [3.63, 3.8) is 0 Å². The van der Waals surface area contributed by atoms with Crippen LogP contribution in [-0.2, 0) is 6.42 Å². The number of anilines is 2. The molecule has 1 aromatic heterocycles. The lowest BCUT2D eigenvalue weighted by atomic mass is 10.1. The molecule has 3 rings (SSSR count). The Morgan fingerprint density at radius 2 is 1.92 bits per heavy atom. The Hall–Kier alpha value is -2.25. The minimum Gasteiger partial charge on any atom is -0.308 e. The van der Waals surface area contributed by atoms with Crippen molar-refractivity contribution in [1.29, 1.82) is 0 Å². The largest absolute Gasteiger partial charge is 0.325 e. The van der Waals surface area contributed by atoms with E-state index in [9.17, 15) is 4.79 Å². The highest BCUT2D eigenvalue weighted by molar-refractivity contribution is 9.10. The fourth-order valence-electron chi connectivity index (χ4n) is 2.28. The molecule has 0 aliphatic rings. The van der Waals surface area contributed by atoms with Gasteiger partial charge in [-0.15, -0.1) is 10.2 Å². The topological polar surface area (TPSA) is 66.9 Å². The van der Waals surface area contributed by atoms with Crippen LogP contribution in [0.3, 0.4) is 0 Å². The molecule has 0 radical (unpaired) electrons. The van der Waals surface area contributed by atoms with Gasteiger partial charge in [-0.05, 0) is 54.8 Å². The number of urea groups is 1. The lowest BCUT2D eigenvalue weighted by molar-refractivity contribution is 0.262. The summed E-state index contributed by atoms with van der Waals surface area (Å²) in [7, 11) is 0. The average molecular weight is 417 g/mol. The summed E-state index contributed by atoms with van der Waals surface area (Å²) >= 11 is 4.83. The smallest absolute Gasteiger partial charge is 0.308 e. The van der Waals surface area contributed by atoms with E-state index in [0.29, 0.717) is 11.6 Å². The Bertz CT molecular complexity index is 910. The predicted octanol–water partition coefficient (Wildman–Crippen LogP) is 5.15. The van der Waals surface area contributed by atoms with Gasteiger partial charge in [-0.1, -0.05) is 45.5 Å². The minimum atomic E-state index is -0.326. The number of carbonyl (C=O) groups is 1. The summed E-state index contributed by atoms with van der Waals surface area (Å²) in [6, 6.07) is 13.5. The van der Waals surface area contributed by atoms with Gasteiger partial charge in [0.1, 0.15) is 5.01 Å². The average Bonchev–Trinajstić information content (AvgIpc) is 2.98. The second-order valence-electron chi connectivity index (χ2n) is 5.69. The standard InChI is InChI=1S/C18H17BrN4OS/c1-11-6-7-15(8-12(11)2)20-17(24)21-18-23-22-16(25-18)10-13-4-3-5-14(19)9-13/h3-9H,10H2,1-2H3,(H2,20,21,23,24). The molecule has 2 aromatic carbocycles. The maximum atomic E-state index is 12.1. The van der Waals surface area contributed by atoms with Crippen LogP contribution in [0.15, 0.2) is 46.9 Å². The van der Waals surface area contributed by atoms with E-state index < -0.39 is 0 Å². The molecule has 7 heteroatoms. The summed E-state index contributed by atoms with van der Waals surface area (Å²) in [4.78, 5) is 12.1. The third-order valence-electron chi connectivity index (χ3n) is 3.70. The molecule has 0 bridgehead atoms. The number of nitrogens with zero attached hydrogens (tertiary/aromatic N) is 2.